The lowest BCUT2D eigenvalue weighted by Crippen LogP contribution is -2.11. The fraction of sp³-hybridized carbons (Fsp3) is 0.280. The maximum absolute atomic E-state index is 5.60. The van der Waals surface area contributed by atoms with E-state index in [1.165, 1.54) is 21.4 Å². The van der Waals surface area contributed by atoms with Gasteiger partial charge < -0.3 is 9.47 Å². The molecule has 31 heavy (non-hydrogen) atoms. The van der Waals surface area contributed by atoms with Crippen molar-refractivity contribution in [3.8, 4) is 11.5 Å². The molecule has 1 unspecified atom stereocenters. The van der Waals surface area contributed by atoms with Crippen LogP contribution in [0, 0.1) is 0 Å². The molecule has 2 heterocycles. The summed E-state index contributed by atoms with van der Waals surface area (Å²) >= 11 is 3.52. The molecule has 4 nitrogen and oxygen atoms in total. The van der Waals surface area contributed by atoms with Crippen LogP contribution >= 0.6 is 23.1 Å². The molecule has 2 aromatic carbocycles. The Hall–Kier alpha value is -2.57. The number of aryl methyl sites for hydroxylation is 1. The van der Waals surface area contributed by atoms with Crippen molar-refractivity contribution >= 4 is 33.3 Å². The normalized spacial score (nSPS) is 15.6. The van der Waals surface area contributed by atoms with Crippen LogP contribution in [0.5, 0.6) is 11.5 Å². The van der Waals surface area contributed by atoms with Gasteiger partial charge in [-0.15, -0.1) is 11.3 Å². The summed E-state index contributed by atoms with van der Waals surface area (Å²) in [6.07, 6.45) is 4.96. The number of methoxy groups -OCH3 is 1. The first-order valence-electron chi connectivity index (χ1n) is 10.5. The second kappa shape index (κ2) is 8.89. The first kappa shape index (κ1) is 20.3. The zero-order valence-electron chi connectivity index (χ0n) is 17.6. The summed E-state index contributed by atoms with van der Waals surface area (Å²) in [5.74, 6) is 2.35. The topological polar surface area (TPSA) is 44.2 Å². The van der Waals surface area contributed by atoms with Crippen molar-refractivity contribution in [3.05, 3.63) is 70.9 Å². The highest BCUT2D eigenvalue weighted by Gasteiger charge is 2.26. The fourth-order valence-electron chi connectivity index (χ4n) is 4.22. The second-order valence-corrected chi connectivity index (χ2v) is 9.73. The van der Waals surface area contributed by atoms with Crippen molar-refractivity contribution in [2.75, 3.05) is 13.7 Å². The van der Waals surface area contributed by atoms with Gasteiger partial charge in [-0.25, -0.2) is 9.97 Å². The Kier molecular flexibility index (Phi) is 5.83. The molecule has 4 aromatic rings. The molecule has 0 spiro atoms. The van der Waals surface area contributed by atoms with Crippen molar-refractivity contribution in [1.82, 2.24) is 9.97 Å². The molecule has 0 saturated heterocycles. The summed E-state index contributed by atoms with van der Waals surface area (Å²) in [5.41, 5.74) is 2.83. The van der Waals surface area contributed by atoms with Gasteiger partial charge in [0.2, 0.25) is 0 Å². The summed E-state index contributed by atoms with van der Waals surface area (Å²) in [6.45, 7) is 2.72. The van der Waals surface area contributed by atoms with Gasteiger partial charge in [0, 0.05) is 15.2 Å². The van der Waals surface area contributed by atoms with E-state index in [4.69, 9.17) is 9.47 Å². The Morgan fingerprint density at radius 2 is 1.97 bits per heavy atom. The molecule has 0 N–H and O–H groups in total. The number of aromatic nitrogens is 2. The number of benzene rings is 2. The first-order valence-corrected chi connectivity index (χ1v) is 12.2. The highest BCUT2D eigenvalue weighted by Crippen LogP contribution is 2.44. The minimum atomic E-state index is 0.540. The minimum absolute atomic E-state index is 0.540. The van der Waals surface area contributed by atoms with Crippen LogP contribution in [0.3, 0.4) is 0 Å². The maximum atomic E-state index is 5.60. The molecule has 1 atom stereocenters. The third-order valence-corrected chi connectivity index (χ3v) is 7.88. The number of nitrogens with zero attached hydrogens (tertiary/aromatic N) is 2. The number of fused-ring (bicyclic) bond motifs is 3. The molecule has 1 aliphatic rings. The second-order valence-electron chi connectivity index (χ2n) is 7.59. The molecule has 0 radical (unpaired) electrons. The molecule has 0 aliphatic heterocycles. The van der Waals surface area contributed by atoms with Crippen LogP contribution in [0.2, 0.25) is 0 Å². The lowest BCUT2D eigenvalue weighted by Gasteiger charge is -2.23. The number of ether oxygens (including phenoxy) is 2. The van der Waals surface area contributed by atoms with Gasteiger partial charge >= 0.3 is 0 Å². The highest BCUT2D eigenvalue weighted by atomic mass is 32.2. The number of rotatable bonds is 6. The Morgan fingerprint density at radius 1 is 1.10 bits per heavy atom. The monoisotopic (exact) mass is 448 g/mol. The Bertz CT molecular complexity index is 1200. The number of thiophene rings is 1. The predicted octanol–water partition coefficient (Wildman–Crippen LogP) is 6.52. The van der Waals surface area contributed by atoms with Crippen LogP contribution in [0.25, 0.3) is 10.2 Å². The Labute approximate surface area is 190 Å². The van der Waals surface area contributed by atoms with Crippen molar-refractivity contribution in [2.24, 2.45) is 0 Å². The van der Waals surface area contributed by atoms with E-state index in [1.807, 2.05) is 30.4 Å². The molecule has 0 saturated carbocycles. The first-order chi connectivity index (χ1) is 15.2. The van der Waals surface area contributed by atoms with Gasteiger partial charge in [-0.2, -0.15) is 0 Å². The van der Waals surface area contributed by atoms with Crippen LogP contribution in [0.1, 0.15) is 35.3 Å². The average molecular weight is 449 g/mol. The van der Waals surface area contributed by atoms with Crippen LogP contribution in [-0.4, -0.2) is 23.7 Å². The van der Waals surface area contributed by atoms with Gasteiger partial charge in [0.15, 0.2) is 0 Å². The van der Waals surface area contributed by atoms with Gasteiger partial charge in [-0.3, -0.25) is 0 Å². The molecule has 158 valence electrons. The van der Waals surface area contributed by atoms with Crippen molar-refractivity contribution in [2.45, 2.75) is 42.0 Å². The van der Waals surface area contributed by atoms with Gasteiger partial charge in [0.05, 0.1) is 13.7 Å². The van der Waals surface area contributed by atoms with Crippen LogP contribution in [0.4, 0.5) is 0 Å². The van der Waals surface area contributed by atoms with Gasteiger partial charge in [0.1, 0.15) is 27.7 Å². The van der Waals surface area contributed by atoms with E-state index in [1.54, 1.807) is 25.2 Å². The quantitative estimate of drug-likeness (QED) is 0.314. The predicted molar refractivity (Wildman–Crippen MR) is 127 cm³/mol. The zero-order chi connectivity index (χ0) is 21.2. The Balaban J connectivity index is 1.43. The largest absolute Gasteiger partial charge is 0.497 e. The minimum Gasteiger partial charge on any atom is -0.497 e. The van der Waals surface area contributed by atoms with Gasteiger partial charge in [0.25, 0.3) is 0 Å². The summed E-state index contributed by atoms with van der Waals surface area (Å²) in [6, 6.07) is 16.8. The van der Waals surface area contributed by atoms with Gasteiger partial charge in [-0.1, -0.05) is 30.0 Å². The van der Waals surface area contributed by atoms with E-state index in [-0.39, 0.29) is 0 Å². The zero-order valence-corrected chi connectivity index (χ0v) is 19.3. The molecule has 0 bridgehead atoms. The van der Waals surface area contributed by atoms with E-state index in [9.17, 15) is 0 Å². The molecular formula is C25H24N2O2S2. The lowest BCUT2D eigenvalue weighted by molar-refractivity contribution is 0.340. The number of hydrogen-bond donors (Lipinski definition) is 0. The molecular weight excluding hydrogens is 424 g/mol. The smallest absolute Gasteiger partial charge is 0.128 e. The van der Waals surface area contributed by atoms with Crippen LogP contribution < -0.4 is 9.47 Å². The van der Waals surface area contributed by atoms with Crippen LogP contribution in [-0.2, 0) is 12.8 Å². The summed E-state index contributed by atoms with van der Waals surface area (Å²) in [4.78, 5) is 12.9. The van der Waals surface area contributed by atoms with Crippen molar-refractivity contribution in [1.29, 1.82) is 0 Å². The standard InChI is InChI=1S/C25H24N2O2S2/c1-3-29-18-10-7-16(8-11-18)17-9-12-21-22(13-17)31-25-23(21)24(26-15-27-25)30-20-6-4-5-19(14-20)28-2/h4-8,10-11,14-15,17H,3,9,12-13H2,1-2H3. The van der Waals surface area contributed by atoms with E-state index in [0.717, 1.165) is 45.5 Å². The van der Waals surface area contributed by atoms with Crippen molar-refractivity contribution < 1.29 is 9.47 Å². The molecule has 0 amide bonds. The highest BCUT2D eigenvalue weighted by molar-refractivity contribution is 7.99. The molecule has 6 heteroatoms. The van der Waals surface area contributed by atoms with Crippen molar-refractivity contribution in [3.63, 3.8) is 0 Å². The Morgan fingerprint density at radius 3 is 2.77 bits per heavy atom. The summed E-state index contributed by atoms with van der Waals surface area (Å²) in [5, 5.41) is 2.27. The van der Waals surface area contributed by atoms with Crippen LogP contribution in [0.15, 0.2) is 64.8 Å². The summed E-state index contributed by atoms with van der Waals surface area (Å²) in [7, 11) is 1.70. The van der Waals surface area contributed by atoms with E-state index in [2.05, 4.69) is 46.4 Å². The average Bonchev–Trinajstić information content (AvgIpc) is 3.19. The number of hydrogen-bond acceptors (Lipinski definition) is 6. The SMILES string of the molecule is CCOc1ccc(C2CCc3c(sc4ncnc(Sc5cccc(OC)c5)c34)C2)cc1. The molecule has 5 rings (SSSR count). The molecule has 1 aliphatic carbocycles. The molecule has 0 fully saturated rings. The van der Waals surface area contributed by atoms with Gasteiger partial charge in [-0.05, 0) is 73.6 Å². The van der Waals surface area contributed by atoms with E-state index < -0.39 is 0 Å². The maximum Gasteiger partial charge on any atom is 0.128 e. The van der Waals surface area contributed by atoms with E-state index in [0.29, 0.717) is 12.5 Å². The fourth-order valence-corrected chi connectivity index (χ4v) is 6.52. The lowest BCUT2D eigenvalue weighted by atomic mass is 9.83. The third-order valence-electron chi connectivity index (χ3n) is 5.73. The summed E-state index contributed by atoms with van der Waals surface area (Å²) < 4.78 is 11.0. The molecule has 2 aromatic heterocycles. The van der Waals surface area contributed by atoms with E-state index >= 15 is 0 Å². The third kappa shape index (κ3) is 4.14.